The minimum Gasteiger partial charge on any atom is -0.459 e. The molecule has 0 radical (unpaired) electrons. The first-order valence-electron chi connectivity index (χ1n) is 7.85. The van der Waals surface area contributed by atoms with E-state index in [1.54, 1.807) is 0 Å². The molecule has 0 amide bonds. The third-order valence-electron chi connectivity index (χ3n) is 4.78. The quantitative estimate of drug-likeness (QED) is 0.601. The first-order chi connectivity index (χ1) is 11.0. The van der Waals surface area contributed by atoms with Crippen molar-refractivity contribution in [2.45, 2.75) is 32.6 Å². The van der Waals surface area contributed by atoms with Crippen molar-refractivity contribution in [3.05, 3.63) is 79.1 Å². The normalized spacial score (nSPS) is 14.4. The van der Waals surface area contributed by atoms with Crippen molar-refractivity contribution in [3.8, 4) is 0 Å². The van der Waals surface area contributed by atoms with Crippen molar-refractivity contribution in [1.82, 2.24) is 0 Å². The zero-order valence-corrected chi connectivity index (χ0v) is 14.7. The highest BCUT2D eigenvalue weighted by molar-refractivity contribution is 9.10. The van der Waals surface area contributed by atoms with E-state index in [9.17, 15) is 4.79 Å². The summed E-state index contributed by atoms with van der Waals surface area (Å²) in [5.74, 6) is 1.08. The van der Waals surface area contributed by atoms with Gasteiger partial charge in [0.05, 0.1) is 9.86 Å². The topological polar surface area (TPSA) is 30.2 Å². The van der Waals surface area contributed by atoms with Gasteiger partial charge in [0.1, 0.15) is 5.76 Å². The second-order valence-electron chi connectivity index (χ2n) is 6.42. The maximum absolute atomic E-state index is 12.8. The Morgan fingerprint density at radius 2 is 1.74 bits per heavy atom. The first kappa shape index (κ1) is 14.7. The van der Waals surface area contributed by atoms with Crippen molar-refractivity contribution in [2.24, 2.45) is 0 Å². The van der Waals surface area contributed by atoms with E-state index in [0.717, 1.165) is 34.2 Å². The van der Waals surface area contributed by atoms with Gasteiger partial charge in [0.15, 0.2) is 11.0 Å². The average Bonchev–Trinajstić information content (AvgIpc) is 2.95. The first-order valence-corrected chi connectivity index (χ1v) is 8.64. The van der Waals surface area contributed by atoms with Gasteiger partial charge in [0.25, 0.3) is 0 Å². The minimum absolute atomic E-state index is 0.0848. The van der Waals surface area contributed by atoms with Crippen LogP contribution in [-0.4, -0.2) is 0 Å². The Hall–Kier alpha value is -1.87. The lowest BCUT2D eigenvalue weighted by molar-refractivity contribution is 0.480. The number of rotatable bonds is 1. The van der Waals surface area contributed by atoms with E-state index in [1.807, 2.05) is 26.0 Å². The SMILES string of the molecule is Cc1cc(Br)c2oc(C3Cc4ccccc4C3)c(C)c(=O)c2c1. The number of hydrogen-bond donors (Lipinski definition) is 0. The molecule has 1 heterocycles. The van der Waals surface area contributed by atoms with Crippen LogP contribution in [0.5, 0.6) is 0 Å². The van der Waals surface area contributed by atoms with Gasteiger partial charge in [-0.1, -0.05) is 24.3 Å². The number of benzene rings is 2. The van der Waals surface area contributed by atoms with E-state index in [2.05, 4.69) is 40.2 Å². The van der Waals surface area contributed by atoms with Gasteiger partial charge in [-0.25, -0.2) is 0 Å². The summed E-state index contributed by atoms with van der Waals surface area (Å²) in [5, 5.41) is 0.661. The number of hydrogen-bond acceptors (Lipinski definition) is 2. The Labute approximate surface area is 143 Å². The molecular weight excluding hydrogens is 352 g/mol. The summed E-state index contributed by atoms with van der Waals surface area (Å²) in [4.78, 5) is 12.8. The fourth-order valence-electron chi connectivity index (χ4n) is 3.64. The zero-order chi connectivity index (χ0) is 16.1. The van der Waals surface area contributed by atoms with Crippen LogP contribution in [0.15, 0.2) is 50.1 Å². The molecule has 1 aliphatic carbocycles. The molecule has 23 heavy (non-hydrogen) atoms. The summed E-state index contributed by atoms with van der Waals surface area (Å²) in [6.45, 7) is 3.88. The van der Waals surface area contributed by atoms with Gasteiger partial charge in [0.2, 0.25) is 0 Å². The maximum Gasteiger partial charge on any atom is 0.195 e. The fraction of sp³-hybridized carbons (Fsp3) is 0.250. The average molecular weight is 369 g/mol. The number of fused-ring (bicyclic) bond motifs is 2. The molecule has 0 aliphatic heterocycles. The molecule has 0 bridgehead atoms. The van der Waals surface area contributed by atoms with Crippen molar-refractivity contribution >= 4 is 26.9 Å². The highest BCUT2D eigenvalue weighted by Gasteiger charge is 2.27. The fourth-order valence-corrected chi connectivity index (χ4v) is 4.29. The molecule has 0 unspecified atom stereocenters. The summed E-state index contributed by atoms with van der Waals surface area (Å²) in [6, 6.07) is 12.4. The lowest BCUT2D eigenvalue weighted by Gasteiger charge is -2.13. The summed E-state index contributed by atoms with van der Waals surface area (Å²) in [5.41, 5.74) is 5.27. The molecule has 2 nitrogen and oxygen atoms in total. The van der Waals surface area contributed by atoms with Gasteiger partial charge in [-0.05, 0) is 71.4 Å². The molecule has 0 N–H and O–H groups in total. The second kappa shape index (κ2) is 5.34. The largest absolute Gasteiger partial charge is 0.459 e. The maximum atomic E-state index is 12.8. The Kier molecular flexibility index (Phi) is 3.42. The molecule has 1 aromatic heterocycles. The van der Waals surface area contributed by atoms with Gasteiger partial charge in [0, 0.05) is 11.5 Å². The summed E-state index contributed by atoms with van der Waals surface area (Å²) < 4.78 is 7.08. The van der Waals surface area contributed by atoms with Gasteiger partial charge < -0.3 is 4.42 Å². The van der Waals surface area contributed by atoms with Crippen LogP contribution in [0.3, 0.4) is 0 Å². The predicted molar refractivity (Wildman–Crippen MR) is 96.2 cm³/mol. The molecule has 0 spiro atoms. The van der Waals surface area contributed by atoms with E-state index in [0.29, 0.717) is 11.0 Å². The molecule has 3 heteroatoms. The third-order valence-corrected chi connectivity index (χ3v) is 5.37. The Morgan fingerprint density at radius 3 is 2.39 bits per heavy atom. The minimum atomic E-state index is 0.0848. The number of aryl methyl sites for hydroxylation is 1. The molecule has 0 fully saturated rings. The molecule has 0 saturated heterocycles. The highest BCUT2D eigenvalue weighted by Crippen LogP contribution is 2.36. The lowest BCUT2D eigenvalue weighted by Crippen LogP contribution is -2.13. The molecule has 2 aromatic carbocycles. The highest BCUT2D eigenvalue weighted by atomic mass is 79.9. The van der Waals surface area contributed by atoms with E-state index in [-0.39, 0.29) is 11.3 Å². The van der Waals surface area contributed by atoms with Crippen LogP contribution in [0.2, 0.25) is 0 Å². The Morgan fingerprint density at radius 1 is 1.09 bits per heavy atom. The molecular formula is C20H17BrO2. The number of halogens is 1. The van der Waals surface area contributed by atoms with Crippen LogP contribution < -0.4 is 5.43 Å². The molecule has 0 saturated carbocycles. The van der Waals surface area contributed by atoms with E-state index in [1.165, 1.54) is 11.1 Å². The lowest BCUT2D eigenvalue weighted by atomic mass is 9.97. The second-order valence-corrected chi connectivity index (χ2v) is 7.27. The zero-order valence-electron chi connectivity index (χ0n) is 13.2. The summed E-state index contributed by atoms with van der Waals surface area (Å²) in [6.07, 6.45) is 1.88. The van der Waals surface area contributed by atoms with Crippen LogP contribution >= 0.6 is 15.9 Å². The Bertz CT molecular complexity index is 960. The van der Waals surface area contributed by atoms with E-state index in [4.69, 9.17) is 4.42 Å². The molecule has 4 rings (SSSR count). The van der Waals surface area contributed by atoms with E-state index < -0.39 is 0 Å². The van der Waals surface area contributed by atoms with Crippen LogP contribution in [0.25, 0.3) is 11.0 Å². The van der Waals surface area contributed by atoms with Crippen molar-refractivity contribution in [1.29, 1.82) is 0 Å². The predicted octanol–water partition coefficient (Wildman–Crippen LogP) is 5.05. The van der Waals surface area contributed by atoms with Crippen LogP contribution in [0.4, 0.5) is 0 Å². The van der Waals surface area contributed by atoms with Crippen LogP contribution in [0, 0.1) is 13.8 Å². The van der Waals surface area contributed by atoms with Crippen molar-refractivity contribution in [2.75, 3.05) is 0 Å². The van der Waals surface area contributed by atoms with Gasteiger partial charge in [-0.15, -0.1) is 0 Å². The monoisotopic (exact) mass is 368 g/mol. The molecule has 116 valence electrons. The van der Waals surface area contributed by atoms with Crippen LogP contribution in [-0.2, 0) is 12.8 Å². The molecule has 3 aromatic rings. The van der Waals surface area contributed by atoms with Crippen molar-refractivity contribution in [3.63, 3.8) is 0 Å². The van der Waals surface area contributed by atoms with E-state index >= 15 is 0 Å². The molecule has 0 atom stereocenters. The summed E-state index contributed by atoms with van der Waals surface area (Å²) >= 11 is 3.54. The van der Waals surface area contributed by atoms with Gasteiger partial charge in [-0.3, -0.25) is 4.79 Å². The van der Waals surface area contributed by atoms with Crippen molar-refractivity contribution < 1.29 is 4.42 Å². The summed E-state index contributed by atoms with van der Waals surface area (Å²) in [7, 11) is 0. The third kappa shape index (κ3) is 2.34. The standard InChI is InChI=1S/C20H17BrO2/c1-11-7-16-18(22)12(2)19(23-20(16)17(21)8-11)15-9-13-5-3-4-6-14(13)10-15/h3-8,15H,9-10H2,1-2H3. The smallest absolute Gasteiger partial charge is 0.195 e. The molecule has 1 aliphatic rings. The van der Waals surface area contributed by atoms with Gasteiger partial charge in [-0.2, -0.15) is 0 Å². The van der Waals surface area contributed by atoms with Crippen LogP contribution in [0.1, 0.15) is 33.9 Å². The van der Waals surface area contributed by atoms with Gasteiger partial charge >= 0.3 is 0 Å². The Balaban J connectivity index is 1.89.